The van der Waals surface area contributed by atoms with Crippen LogP contribution in [0.15, 0.2) is 84.0 Å². The number of benzene rings is 3. The Bertz CT molecular complexity index is 1300. The van der Waals surface area contributed by atoms with Gasteiger partial charge in [0, 0.05) is 35.7 Å². The van der Waals surface area contributed by atoms with Gasteiger partial charge in [0.15, 0.2) is 5.16 Å². The molecule has 0 unspecified atom stereocenters. The first-order valence-electron chi connectivity index (χ1n) is 11.9. The Labute approximate surface area is 226 Å². The molecule has 0 saturated carbocycles. The van der Waals surface area contributed by atoms with E-state index in [1.807, 2.05) is 24.3 Å². The lowest BCUT2D eigenvalue weighted by Gasteiger charge is -2.12. The van der Waals surface area contributed by atoms with E-state index < -0.39 is 0 Å². The highest BCUT2D eigenvalue weighted by molar-refractivity contribution is 7.99. The van der Waals surface area contributed by atoms with Gasteiger partial charge in [-0.2, -0.15) is 0 Å². The van der Waals surface area contributed by atoms with Gasteiger partial charge in [0.25, 0.3) is 0 Å². The molecule has 5 nitrogen and oxygen atoms in total. The van der Waals surface area contributed by atoms with Crippen molar-refractivity contribution in [2.45, 2.75) is 31.5 Å². The molecule has 0 bridgehead atoms. The van der Waals surface area contributed by atoms with E-state index >= 15 is 0 Å². The van der Waals surface area contributed by atoms with Crippen molar-refractivity contribution in [3.63, 3.8) is 0 Å². The zero-order chi connectivity index (χ0) is 25.3. The summed E-state index contributed by atoms with van der Waals surface area (Å²) in [6.45, 7) is 3.62. The Morgan fingerprint density at radius 1 is 0.944 bits per heavy atom. The summed E-state index contributed by atoms with van der Waals surface area (Å²) < 4.78 is 2.33. The highest BCUT2D eigenvalue weighted by Crippen LogP contribution is 2.36. The fraction of sp³-hybridized carbons (Fsp3) is 0.214. The van der Waals surface area contributed by atoms with Gasteiger partial charge in [-0.1, -0.05) is 103 Å². The van der Waals surface area contributed by atoms with E-state index in [-0.39, 0.29) is 6.03 Å². The third-order valence-electron chi connectivity index (χ3n) is 5.49. The van der Waals surface area contributed by atoms with E-state index in [1.54, 1.807) is 30.0 Å². The average molecular weight is 540 g/mol. The number of imidazole rings is 1. The molecule has 2 amide bonds. The summed E-state index contributed by atoms with van der Waals surface area (Å²) >= 11 is 13.7. The minimum absolute atomic E-state index is 0.274. The smallest absolute Gasteiger partial charge is 0.319 e. The van der Waals surface area contributed by atoms with Crippen LogP contribution in [0, 0.1) is 0 Å². The van der Waals surface area contributed by atoms with Crippen molar-refractivity contribution in [3.05, 3.63) is 88.9 Å². The molecule has 0 aliphatic rings. The third-order valence-corrected chi connectivity index (χ3v) is 7.29. The molecular formula is C28H28Cl2N4OS. The molecule has 4 rings (SSSR count). The van der Waals surface area contributed by atoms with Crippen molar-refractivity contribution in [1.82, 2.24) is 14.9 Å². The molecule has 4 aromatic rings. The Kier molecular flexibility index (Phi) is 9.34. The van der Waals surface area contributed by atoms with Gasteiger partial charge in [0.2, 0.25) is 0 Å². The Morgan fingerprint density at radius 3 is 2.31 bits per heavy atom. The molecule has 186 valence electrons. The Hall–Kier alpha value is -2.93. The summed E-state index contributed by atoms with van der Waals surface area (Å²) in [4.78, 5) is 17.3. The number of nitrogens with zero attached hydrogens (tertiary/aromatic N) is 2. The molecule has 1 heterocycles. The Morgan fingerprint density at radius 2 is 1.64 bits per heavy atom. The Balaban J connectivity index is 1.42. The van der Waals surface area contributed by atoms with Gasteiger partial charge in [-0.3, -0.25) is 0 Å². The van der Waals surface area contributed by atoms with E-state index in [1.165, 1.54) is 0 Å². The second-order valence-electron chi connectivity index (χ2n) is 8.19. The van der Waals surface area contributed by atoms with E-state index in [0.717, 1.165) is 52.8 Å². The van der Waals surface area contributed by atoms with Crippen LogP contribution in [0.1, 0.15) is 19.8 Å². The van der Waals surface area contributed by atoms with Crippen LogP contribution in [0.4, 0.5) is 10.5 Å². The summed E-state index contributed by atoms with van der Waals surface area (Å²) in [6, 6.07) is 25.5. The quantitative estimate of drug-likeness (QED) is 0.158. The number of carbonyl (C=O) groups is 1. The zero-order valence-electron chi connectivity index (χ0n) is 20.0. The largest absolute Gasteiger partial charge is 0.338 e. The van der Waals surface area contributed by atoms with Crippen molar-refractivity contribution in [2.24, 2.45) is 0 Å². The molecule has 8 heteroatoms. The molecule has 0 atom stereocenters. The number of hydrogen-bond donors (Lipinski definition) is 2. The maximum absolute atomic E-state index is 12.2. The topological polar surface area (TPSA) is 59.0 Å². The van der Waals surface area contributed by atoms with Crippen LogP contribution in [0.5, 0.6) is 0 Å². The predicted octanol–water partition coefficient (Wildman–Crippen LogP) is 8.24. The van der Waals surface area contributed by atoms with Gasteiger partial charge >= 0.3 is 6.03 Å². The number of amides is 2. The third kappa shape index (κ3) is 6.64. The predicted molar refractivity (Wildman–Crippen MR) is 152 cm³/mol. The van der Waals surface area contributed by atoms with Gasteiger partial charge in [0.1, 0.15) is 0 Å². The maximum Gasteiger partial charge on any atom is 0.319 e. The zero-order valence-corrected chi connectivity index (χ0v) is 22.3. The molecule has 0 radical (unpaired) electrons. The highest BCUT2D eigenvalue weighted by Gasteiger charge is 2.19. The van der Waals surface area contributed by atoms with E-state index in [0.29, 0.717) is 22.3 Å². The minimum Gasteiger partial charge on any atom is -0.338 e. The maximum atomic E-state index is 12.2. The van der Waals surface area contributed by atoms with Crippen LogP contribution in [0.3, 0.4) is 0 Å². The minimum atomic E-state index is -0.274. The lowest BCUT2D eigenvalue weighted by atomic mass is 10.0. The van der Waals surface area contributed by atoms with Crippen LogP contribution < -0.4 is 10.6 Å². The number of carbonyl (C=O) groups excluding carboxylic acids is 1. The normalized spacial score (nSPS) is 10.9. The summed E-state index contributed by atoms with van der Waals surface area (Å²) in [7, 11) is 0. The van der Waals surface area contributed by atoms with Crippen molar-refractivity contribution in [1.29, 1.82) is 0 Å². The van der Waals surface area contributed by atoms with Crippen molar-refractivity contribution >= 4 is 46.7 Å². The number of anilines is 1. The van der Waals surface area contributed by atoms with Gasteiger partial charge in [0.05, 0.1) is 21.4 Å². The number of thioether (sulfide) groups is 1. The van der Waals surface area contributed by atoms with Crippen molar-refractivity contribution < 1.29 is 4.79 Å². The van der Waals surface area contributed by atoms with Gasteiger partial charge < -0.3 is 15.2 Å². The summed E-state index contributed by atoms with van der Waals surface area (Å²) in [5, 5.41) is 7.52. The van der Waals surface area contributed by atoms with E-state index in [2.05, 4.69) is 58.5 Å². The first-order valence-corrected chi connectivity index (χ1v) is 13.6. The SMILES string of the molecule is CCCn1c(SCCCNC(=O)Nc2ccc(Cl)c(Cl)c2)nc(-c2ccccc2)c1-c1ccccc1. The van der Waals surface area contributed by atoms with E-state index in [9.17, 15) is 4.79 Å². The number of halogens is 2. The van der Waals surface area contributed by atoms with Gasteiger partial charge in [-0.05, 0) is 31.0 Å². The summed E-state index contributed by atoms with van der Waals surface area (Å²) in [5.74, 6) is 0.830. The molecule has 0 fully saturated rings. The fourth-order valence-corrected chi connectivity index (χ4v) is 5.11. The molecule has 0 saturated heterocycles. The second kappa shape index (κ2) is 12.9. The number of hydrogen-bond acceptors (Lipinski definition) is 3. The van der Waals surface area contributed by atoms with Crippen LogP contribution in [0.2, 0.25) is 10.0 Å². The number of nitrogens with one attached hydrogen (secondary N) is 2. The number of aromatic nitrogens is 2. The highest BCUT2D eigenvalue weighted by atomic mass is 35.5. The first kappa shape index (κ1) is 26.1. The summed E-state index contributed by atoms with van der Waals surface area (Å²) in [6.07, 6.45) is 1.81. The molecule has 2 N–H and O–H groups in total. The van der Waals surface area contributed by atoms with Crippen LogP contribution >= 0.6 is 35.0 Å². The van der Waals surface area contributed by atoms with Crippen molar-refractivity contribution in [3.8, 4) is 22.5 Å². The molecule has 0 aliphatic carbocycles. The number of rotatable bonds is 10. The number of urea groups is 1. The standard InChI is InChI=1S/C28H28Cl2N4OS/c1-2-17-34-26(21-12-7-4-8-13-21)25(20-10-5-3-6-11-20)33-28(34)36-18-9-16-31-27(35)32-22-14-15-23(29)24(30)19-22/h3-8,10-15,19H,2,9,16-18H2,1H3,(H2,31,32,35). The van der Waals surface area contributed by atoms with Crippen LogP contribution in [0.25, 0.3) is 22.5 Å². The van der Waals surface area contributed by atoms with E-state index in [4.69, 9.17) is 28.2 Å². The molecule has 3 aromatic carbocycles. The van der Waals surface area contributed by atoms with Gasteiger partial charge in [-0.25, -0.2) is 9.78 Å². The summed E-state index contributed by atoms with van der Waals surface area (Å²) in [5.41, 5.74) is 5.00. The van der Waals surface area contributed by atoms with Crippen LogP contribution in [-0.2, 0) is 6.54 Å². The molecule has 36 heavy (non-hydrogen) atoms. The molecule has 1 aromatic heterocycles. The lowest BCUT2D eigenvalue weighted by molar-refractivity contribution is 0.252. The monoisotopic (exact) mass is 538 g/mol. The molecule has 0 spiro atoms. The van der Waals surface area contributed by atoms with Crippen LogP contribution in [-0.4, -0.2) is 27.9 Å². The first-order chi connectivity index (χ1) is 17.6. The molecular weight excluding hydrogens is 511 g/mol. The second-order valence-corrected chi connectivity index (χ2v) is 10.1. The lowest BCUT2D eigenvalue weighted by Crippen LogP contribution is -2.29. The average Bonchev–Trinajstić information content (AvgIpc) is 3.25. The van der Waals surface area contributed by atoms with Gasteiger partial charge in [-0.15, -0.1) is 0 Å². The molecule has 0 aliphatic heterocycles. The van der Waals surface area contributed by atoms with Crippen molar-refractivity contribution in [2.75, 3.05) is 17.6 Å². The fourth-order valence-electron chi connectivity index (χ4n) is 3.85.